The van der Waals surface area contributed by atoms with Crippen molar-refractivity contribution in [1.29, 1.82) is 0 Å². The Balaban J connectivity index is 1.28. The van der Waals surface area contributed by atoms with Crippen LogP contribution in [0.25, 0.3) is 10.8 Å². The molecule has 2 atom stereocenters. The molecule has 0 saturated carbocycles. The van der Waals surface area contributed by atoms with Crippen LogP contribution in [-0.4, -0.2) is 55.2 Å². The van der Waals surface area contributed by atoms with Crippen molar-refractivity contribution in [2.45, 2.75) is 25.2 Å². The Morgan fingerprint density at radius 1 is 1.18 bits per heavy atom. The van der Waals surface area contributed by atoms with Crippen LogP contribution in [0.5, 0.6) is 0 Å². The van der Waals surface area contributed by atoms with Crippen molar-refractivity contribution in [3.05, 3.63) is 87.3 Å². The predicted molar refractivity (Wildman–Crippen MR) is 115 cm³/mol. The van der Waals surface area contributed by atoms with Gasteiger partial charge in [-0.3, -0.25) is 9.59 Å². The number of benzene rings is 2. The molecule has 6 rings (SSSR count). The van der Waals surface area contributed by atoms with Gasteiger partial charge in [-0.15, -0.1) is 5.10 Å². The summed E-state index contributed by atoms with van der Waals surface area (Å²) in [5.74, 6) is -0.978. The number of rotatable bonds is 3. The quantitative estimate of drug-likeness (QED) is 0.515. The zero-order valence-corrected chi connectivity index (χ0v) is 17.4. The molecular formula is C23H19FN6O3. The maximum absolute atomic E-state index is 14.7. The Hall–Kier alpha value is -3.92. The lowest BCUT2D eigenvalue weighted by Gasteiger charge is -2.25. The summed E-state index contributed by atoms with van der Waals surface area (Å²) < 4.78 is 22.4. The van der Waals surface area contributed by atoms with Crippen molar-refractivity contribution in [3.8, 4) is 0 Å². The van der Waals surface area contributed by atoms with Gasteiger partial charge in [-0.1, -0.05) is 29.5 Å². The standard InChI is InChI=1S/C23H19FN6O3/c24-18-6-5-13(8-19-15-3-1-2-4-16(15)22(31)27-26-19)7-17(18)23(32)29-10-20-21(11-29)33-12-14-9-25-28-30(14)20/h1-7,9,20-21H,8,10-12H2,(H,27,31)/t20-,21-/m1/s1. The van der Waals surface area contributed by atoms with E-state index >= 15 is 0 Å². The molecule has 4 heterocycles. The highest BCUT2D eigenvalue weighted by Crippen LogP contribution is 2.31. The summed E-state index contributed by atoms with van der Waals surface area (Å²) >= 11 is 0. The first-order chi connectivity index (χ1) is 16.1. The molecule has 2 aliphatic rings. The Morgan fingerprint density at radius 3 is 2.91 bits per heavy atom. The van der Waals surface area contributed by atoms with Crippen LogP contribution in [0.4, 0.5) is 4.39 Å². The van der Waals surface area contributed by atoms with Crippen LogP contribution in [0.2, 0.25) is 0 Å². The van der Waals surface area contributed by atoms with Crippen molar-refractivity contribution in [1.82, 2.24) is 30.1 Å². The van der Waals surface area contributed by atoms with Gasteiger partial charge in [0.05, 0.1) is 47.3 Å². The van der Waals surface area contributed by atoms with E-state index < -0.39 is 11.7 Å². The molecule has 1 amide bonds. The van der Waals surface area contributed by atoms with Gasteiger partial charge in [0.1, 0.15) is 5.82 Å². The number of fused-ring (bicyclic) bond motifs is 4. The Labute approximate surface area is 186 Å². The monoisotopic (exact) mass is 446 g/mol. The molecule has 0 bridgehead atoms. The lowest BCUT2D eigenvalue weighted by molar-refractivity contribution is -0.00489. The number of aromatic nitrogens is 5. The molecular weight excluding hydrogens is 427 g/mol. The molecule has 2 aromatic heterocycles. The van der Waals surface area contributed by atoms with E-state index in [1.165, 1.54) is 6.07 Å². The Bertz CT molecular complexity index is 1450. The average Bonchev–Trinajstić information content (AvgIpc) is 3.48. The lowest BCUT2D eigenvalue weighted by atomic mass is 10.0. The van der Waals surface area contributed by atoms with E-state index in [1.807, 2.05) is 12.1 Å². The number of hydrogen-bond acceptors (Lipinski definition) is 6. The van der Waals surface area contributed by atoms with Crippen LogP contribution in [-0.2, 0) is 17.8 Å². The molecule has 1 fully saturated rings. The largest absolute Gasteiger partial charge is 0.368 e. The molecule has 166 valence electrons. The maximum Gasteiger partial charge on any atom is 0.272 e. The highest BCUT2D eigenvalue weighted by Gasteiger charge is 2.41. The Kier molecular flexibility index (Phi) is 4.54. The third-order valence-corrected chi connectivity index (χ3v) is 6.34. The van der Waals surface area contributed by atoms with Crippen LogP contribution in [0.15, 0.2) is 53.5 Å². The number of nitrogens with zero attached hydrogens (tertiary/aromatic N) is 5. The zero-order valence-electron chi connectivity index (χ0n) is 17.4. The average molecular weight is 446 g/mol. The van der Waals surface area contributed by atoms with E-state index in [2.05, 4.69) is 20.5 Å². The van der Waals surface area contributed by atoms with Crippen molar-refractivity contribution in [2.24, 2.45) is 0 Å². The number of carbonyl (C=O) groups is 1. The first-order valence-electron chi connectivity index (χ1n) is 10.6. The van der Waals surface area contributed by atoms with E-state index in [4.69, 9.17) is 4.74 Å². The number of ether oxygens (including phenoxy) is 1. The van der Waals surface area contributed by atoms with Crippen molar-refractivity contribution < 1.29 is 13.9 Å². The molecule has 1 saturated heterocycles. The molecule has 0 radical (unpaired) electrons. The number of hydrogen-bond donors (Lipinski definition) is 1. The summed E-state index contributed by atoms with van der Waals surface area (Å²) in [7, 11) is 0. The highest BCUT2D eigenvalue weighted by molar-refractivity contribution is 5.95. The Morgan fingerprint density at radius 2 is 2.03 bits per heavy atom. The number of likely N-dealkylation sites (tertiary alicyclic amines) is 1. The second kappa shape index (κ2) is 7.59. The van der Waals surface area contributed by atoms with Crippen molar-refractivity contribution >= 4 is 16.7 Å². The SMILES string of the molecule is O=C(c1cc(Cc2n[nH]c(=O)c3ccccc23)ccc1F)N1C[C@@H]2[C@@H](C1)OCc1cnnn12. The highest BCUT2D eigenvalue weighted by atomic mass is 19.1. The topological polar surface area (TPSA) is 106 Å². The fourth-order valence-electron chi connectivity index (χ4n) is 4.68. The molecule has 2 aromatic carbocycles. The first-order valence-corrected chi connectivity index (χ1v) is 10.6. The summed E-state index contributed by atoms with van der Waals surface area (Å²) in [6, 6.07) is 11.5. The van der Waals surface area contributed by atoms with Gasteiger partial charge in [0, 0.05) is 24.9 Å². The maximum atomic E-state index is 14.7. The van der Waals surface area contributed by atoms with E-state index in [-0.39, 0.29) is 23.3 Å². The molecule has 2 aliphatic heterocycles. The van der Waals surface area contributed by atoms with Gasteiger partial charge in [0.25, 0.3) is 11.5 Å². The molecule has 10 heteroatoms. The number of aromatic amines is 1. The molecule has 9 nitrogen and oxygen atoms in total. The van der Waals surface area contributed by atoms with Crippen molar-refractivity contribution in [3.63, 3.8) is 0 Å². The van der Waals surface area contributed by atoms with Crippen LogP contribution >= 0.6 is 0 Å². The van der Waals surface area contributed by atoms with Crippen LogP contribution < -0.4 is 5.56 Å². The summed E-state index contributed by atoms with van der Waals surface area (Å²) in [5.41, 5.74) is 1.96. The summed E-state index contributed by atoms with van der Waals surface area (Å²) in [6.07, 6.45) is 1.79. The number of amides is 1. The summed E-state index contributed by atoms with van der Waals surface area (Å²) in [5, 5.41) is 16.0. The third-order valence-electron chi connectivity index (χ3n) is 6.34. The zero-order chi connectivity index (χ0) is 22.5. The number of nitrogens with one attached hydrogen (secondary N) is 1. The number of carbonyl (C=O) groups excluding carboxylic acids is 1. The van der Waals surface area contributed by atoms with Gasteiger partial charge < -0.3 is 9.64 Å². The summed E-state index contributed by atoms with van der Waals surface area (Å²) in [4.78, 5) is 26.9. The first kappa shape index (κ1) is 19.7. The van der Waals surface area contributed by atoms with Crippen LogP contribution in [0.1, 0.15) is 33.4 Å². The minimum atomic E-state index is -0.583. The van der Waals surface area contributed by atoms with E-state index in [9.17, 15) is 14.0 Å². The molecule has 4 aromatic rings. The molecule has 0 aliphatic carbocycles. The van der Waals surface area contributed by atoms with E-state index in [0.717, 1.165) is 16.6 Å². The van der Waals surface area contributed by atoms with Gasteiger partial charge in [-0.2, -0.15) is 5.10 Å². The molecule has 1 N–H and O–H groups in total. The summed E-state index contributed by atoms with van der Waals surface area (Å²) in [6.45, 7) is 1.12. The normalized spacial score (nSPS) is 19.5. The number of H-pyrrole nitrogens is 1. The minimum Gasteiger partial charge on any atom is -0.368 e. The molecule has 0 spiro atoms. The van der Waals surface area contributed by atoms with E-state index in [0.29, 0.717) is 37.2 Å². The fraction of sp³-hybridized carbons (Fsp3) is 0.261. The van der Waals surface area contributed by atoms with Gasteiger partial charge in [0.2, 0.25) is 0 Å². The second-order valence-corrected chi connectivity index (χ2v) is 8.33. The van der Waals surface area contributed by atoms with Crippen molar-refractivity contribution in [2.75, 3.05) is 13.1 Å². The van der Waals surface area contributed by atoms with Crippen LogP contribution in [0, 0.1) is 5.82 Å². The van der Waals surface area contributed by atoms with Gasteiger partial charge in [-0.05, 0) is 23.8 Å². The lowest BCUT2D eigenvalue weighted by Crippen LogP contribution is -2.32. The van der Waals surface area contributed by atoms with E-state index in [1.54, 1.807) is 40.0 Å². The third kappa shape index (κ3) is 3.30. The van der Waals surface area contributed by atoms with Crippen LogP contribution in [0.3, 0.4) is 0 Å². The second-order valence-electron chi connectivity index (χ2n) is 8.33. The molecule has 33 heavy (non-hydrogen) atoms. The van der Waals surface area contributed by atoms with Gasteiger partial charge >= 0.3 is 0 Å². The smallest absolute Gasteiger partial charge is 0.272 e. The van der Waals surface area contributed by atoms with Gasteiger partial charge in [-0.25, -0.2) is 14.2 Å². The molecule has 0 unspecified atom stereocenters. The predicted octanol–water partition coefficient (Wildman–Crippen LogP) is 1.84. The van der Waals surface area contributed by atoms with Gasteiger partial charge in [0.15, 0.2) is 0 Å². The number of halogens is 1. The minimum absolute atomic E-state index is 0.00121. The fourth-order valence-corrected chi connectivity index (χ4v) is 4.68.